The molecule has 0 aliphatic heterocycles. The fourth-order valence-electron chi connectivity index (χ4n) is 2.31. The lowest BCUT2D eigenvalue weighted by atomic mass is 10.1. The van der Waals surface area contributed by atoms with E-state index in [9.17, 15) is 4.79 Å². The van der Waals surface area contributed by atoms with Gasteiger partial charge in [-0.15, -0.1) is 0 Å². The molecule has 0 bridgehead atoms. The number of carbonyl (C=O) groups excluding carboxylic acids is 1. The number of aromatic nitrogens is 3. The van der Waals surface area contributed by atoms with E-state index in [1.807, 2.05) is 31.2 Å². The molecule has 0 fully saturated rings. The summed E-state index contributed by atoms with van der Waals surface area (Å²) in [6, 6.07) is 9.75. The molecule has 0 saturated carbocycles. The Labute approximate surface area is 146 Å². The lowest BCUT2D eigenvalue weighted by molar-refractivity contribution is 0.0945. The Morgan fingerprint density at radius 3 is 2.64 bits per heavy atom. The van der Waals surface area contributed by atoms with Gasteiger partial charge in [-0.3, -0.25) is 9.78 Å². The molecule has 0 unspecified atom stereocenters. The number of nitrogens with one attached hydrogen (secondary N) is 2. The zero-order chi connectivity index (χ0) is 17.6. The normalized spacial score (nSPS) is 10.3. The third kappa shape index (κ3) is 4.17. The first-order valence-corrected chi connectivity index (χ1v) is 7.96. The van der Waals surface area contributed by atoms with Gasteiger partial charge < -0.3 is 10.6 Å². The molecule has 0 aliphatic rings. The smallest absolute Gasteiger partial charge is 0.271 e. The zero-order valence-electron chi connectivity index (χ0n) is 14.2. The van der Waals surface area contributed by atoms with Crippen molar-refractivity contribution in [3.8, 4) is 0 Å². The highest BCUT2D eigenvalue weighted by Gasteiger charge is 2.08. The largest absolute Gasteiger partial charge is 0.347 e. The second-order valence-corrected chi connectivity index (χ2v) is 5.70. The highest BCUT2D eigenvalue weighted by Crippen LogP contribution is 2.21. The highest BCUT2D eigenvalue weighted by atomic mass is 16.1. The summed E-state index contributed by atoms with van der Waals surface area (Å²) in [6.07, 6.45) is 6.43. The first-order chi connectivity index (χ1) is 12.1. The molecule has 0 saturated heterocycles. The summed E-state index contributed by atoms with van der Waals surface area (Å²) in [5.41, 5.74) is 4.53. The maximum absolute atomic E-state index is 12.1. The van der Waals surface area contributed by atoms with Gasteiger partial charge in [-0.2, -0.15) is 0 Å². The maximum atomic E-state index is 12.1. The molecule has 2 heterocycles. The third-order valence-electron chi connectivity index (χ3n) is 3.93. The molecule has 3 rings (SSSR count). The number of carbonyl (C=O) groups is 1. The predicted octanol–water partition coefficient (Wildman–Crippen LogP) is 3.16. The van der Waals surface area contributed by atoms with Crippen molar-refractivity contribution < 1.29 is 4.79 Å². The van der Waals surface area contributed by atoms with E-state index < -0.39 is 0 Å². The van der Waals surface area contributed by atoms with E-state index in [-0.39, 0.29) is 11.6 Å². The van der Waals surface area contributed by atoms with Gasteiger partial charge in [-0.25, -0.2) is 9.97 Å². The SMILES string of the molecule is Cc1cccc(Nc2cnc(C(=O)NCc3cccnc3)cn2)c1C. The van der Waals surface area contributed by atoms with Crippen LogP contribution in [0.15, 0.2) is 55.1 Å². The van der Waals surface area contributed by atoms with Crippen LogP contribution in [0.2, 0.25) is 0 Å². The van der Waals surface area contributed by atoms with Gasteiger partial charge in [0, 0.05) is 24.6 Å². The van der Waals surface area contributed by atoms with Gasteiger partial charge in [0.05, 0.1) is 12.4 Å². The van der Waals surface area contributed by atoms with Crippen molar-refractivity contribution in [1.29, 1.82) is 0 Å². The number of amides is 1. The Morgan fingerprint density at radius 1 is 1.04 bits per heavy atom. The topological polar surface area (TPSA) is 79.8 Å². The van der Waals surface area contributed by atoms with Crippen LogP contribution in [-0.2, 0) is 6.54 Å². The van der Waals surface area contributed by atoms with Crippen LogP contribution in [0.5, 0.6) is 0 Å². The van der Waals surface area contributed by atoms with Crippen molar-refractivity contribution in [3.05, 3.63) is 77.5 Å². The molecule has 2 N–H and O–H groups in total. The second-order valence-electron chi connectivity index (χ2n) is 5.70. The lowest BCUT2D eigenvalue weighted by Crippen LogP contribution is -2.24. The molecule has 6 heteroatoms. The van der Waals surface area contributed by atoms with Gasteiger partial charge in [0.15, 0.2) is 0 Å². The number of hydrogen-bond donors (Lipinski definition) is 2. The van der Waals surface area contributed by atoms with Crippen molar-refractivity contribution >= 4 is 17.4 Å². The summed E-state index contributed by atoms with van der Waals surface area (Å²) in [4.78, 5) is 24.6. The Kier molecular flexibility index (Phi) is 4.99. The Bertz CT molecular complexity index is 863. The second kappa shape index (κ2) is 7.53. The molecule has 0 radical (unpaired) electrons. The monoisotopic (exact) mass is 333 g/mol. The molecule has 2 aromatic heterocycles. The first-order valence-electron chi connectivity index (χ1n) is 7.96. The Morgan fingerprint density at radius 2 is 1.92 bits per heavy atom. The van der Waals surface area contributed by atoms with E-state index in [4.69, 9.17) is 0 Å². The van der Waals surface area contributed by atoms with Crippen molar-refractivity contribution in [2.45, 2.75) is 20.4 Å². The number of aryl methyl sites for hydroxylation is 1. The zero-order valence-corrected chi connectivity index (χ0v) is 14.2. The van der Waals surface area contributed by atoms with Crippen LogP contribution in [-0.4, -0.2) is 20.9 Å². The maximum Gasteiger partial charge on any atom is 0.271 e. The fraction of sp³-hybridized carbons (Fsp3) is 0.158. The van der Waals surface area contributed by atoms with E-state index in [1.165, 1.54) is 11.8 Å². The minimum atomic E-state index is -0.269. The van der Waals surface area contributed by atoms with Crippen molar-refractivity contribution in [1.82, 2.24) is 20.3 Å². The van der Waals surface area contributed by atoms with E-state index in [1.54, 1.807) is 18.6 Å². The van der Waals surface area contributed by atoms with Crippen molar-refractivity contribution in [2.75, 3.05) is 5.32 Å². The number of nitrogens with zero attached hydrogens (tertiary/aromatic N) is 3. The van der Waals surface area contributed by atoms with Gasteiger partial charge in [-0.1, -0.05) is 18.2 Å². The molecule has 3 aromatic rings. The molecule has 6 nitrogen and oxygen atoms in total. The summed E-state index contributed by atoms with van der Waals surface area (Å²) < 4.78 is 0. The lowest BCUT2D eigenvalue weighted by Gasteiger charge is -2.10. The molecule has 0 spiro atoms. The van der Waals surface area contributed by atoms with Gasteiger partial charge in [0.25, 0.3) is 5.91 Å². The van der Waals surface area contributed by atoms with Gasteiger partial charge >= 0.3 is 0 Å². The van der Waals surface area contributed by atoms with Gasteiger partial charge in [0.2, 0.25) is 0 Å². The predicted molar refractivity (Wildman–Crippen MR) is 96.6 cm³/mol. The molecule has 0 aliphatic carbocycles. The molecule has 25 heavy (non-hydrogen) atoms. The van der Waals surface area contributed by atoms with Crippen LogP contribution in [0.3, 0.4) is 0 Å². The van der Waals surface area contributed by atoms with Crippen LogP contribution in [0.25, 0.3) is 0 Å². The summed E-state index contributed by atoms with van der Waals surface area (Å²) in [5.74, 6) is 0.326. The Balaban J connectivity index is 1.63. The minimum Gasteiger partial charge on any atom is -0.347 e. The summed E-state index contributed by atoms with van der Waals surface area (Å²) in [7, 11) is 0. The fourth-order valence-corrected chi connectivity index (χ4v) is 2.31. The molecule has 0 atom stereocenters. The molecule has 1 amide bonds. The van der Waals surface area contributed by atoms with Crippen molar-refractivity contribution in [2.24, 2.45) is 0 Å². The van der Waals surface area contributed by atoms with E-state index in [2.05, 4.69) is 38.6 Å². The number of rotatable bonds is 5. The standard InChI is InChI=1S/C19H19N5O/c1-13-5-3-7-16(14(13)2)24-18-12-21-17(11-22-18)19(25)23-10-15-6-4-8-20-9-15/h3-9,11-12H,10H2,1-2H3,(H,22,24)(H,23,25). The van der Waals surface area contributed by atoms with Crippen LogP contribution >= 0.6 is 0 Å². The molecular formula is C19H19N5O. The Hall–Kier alpha value is -3.28. The van der Waals surface area contributed by atoms with Crippen LogP contribution in [0.1, 0.15) is 27.2 Å². The summed E-state index contributed by atoms with van der Waals surface area (Å²) in [6.45, 7) is 4.50. The van der Waals surface area contributed by atoms with Gasteiger partial charge in [0.1, 0.15) is 11.5 Å². The third-order valence-corrected chi connectivity index (χ3v) is 3.93. The number of pyridine rings is 1. The first kappa shape index (κ1) is 16.6. The number of hydrogen-bond acceptors (Lipinski definition) is 5. The van der Waals surface area contributed by atoms with Crippen LogP contribution in [0.4, 0.5) is 11.5 Å². The average Bonchev–Trinajstić information content (AvgIpc) is 2.65. The van der Waals surface area contributed by atoms with Crippen molar-refractivity contribution in [3.63, 3.8) is 0 Å². The number of anilines is 2. The van der Waals surface area contributed by atoms with Crippen LogP contribution < -0.4 is 10.6 Å². The van der Waals surface area contributed by atoms with E-state index in [0.717, 1.165) is 16.8 Å². The van der Waals surface area contributed by atoms with Crippen LogP contribution in [0, 0.1) is 13.8 Å². The number of benzene rings is 1. The summed E-state index contributed by atoms with van der Waals surface area (Å²) in [5, 5.41) is 6.02. The quantitative estimate of drug-likeness (QED) is 0.750. The summed E-state index contributed by atoms with van der Waals surface area (Å²) >= 11 is 0. The molecule has 126 valence electrons. The van der Waals surface area contributed by atoms with Gasteiger partial charge in [-0.05, 0) is 42.7 Å². The van der Waals surface area contributed by atoms with E-state index >= 15 is 0 Å². The molecule has 1 aromatic carbocycles. The highest BCUT2D eigenvalue weighted by molar-refractivity contribution is 5.92. The average molecular weight is 333 g/mol. The molecular weight excluding hydrogens is 314 g/mol. The van der Waals surface area contributed by atoms with E-state index in [0.29, 0.717) is 12.4 Å². The minimum absolute atomic E-state index is 0.269.